The highest BCUT2D eigenvalue weighted by atomic mass is 16.4. The molecule has 0 saturated carbocycles. The summed E-state index contributed by atoms with van der Waals surface area (Å²) in [7, 11) is 0. The van der Waals surface area contributed by atoms with Gasteiger partial charge in [-0.25, -0.2) is 0 Å². The highest BCUT2D eigenvalue weighted by Gasteiger charge is 2.22. The van der Waals surface area contributed by atoms with E-state index in [4.69, 9.17) is 5.21 Å². The molecule has 1 fully saturated rings. The van der Waals surface area contributed by atoms with E-state index in [9.17, 15) is 0 Å². The van der Waals surface area contributed by atoms with Gasteiger partial charge in [0.2, 0.25) is 0 Å². The summed E-state index contributed by atoms with van der Waals surface area (Å²) in [6.45, 7) is 5.06. The van der Waals surface area contributed by atoms with Gasteiger partial charge >= 0.3 is 0 Å². The van der Waals surface area contributed by atoms with Crippen molar-refractivity contribution >= 4 is 5.71 Å². The number of benzene rings is 1. The molecule has 1 unspecified atom stereocenters. The molecule has 1 aliphatic rings. The lowest BCUT2D eigenvalue weighted by molar-refractivity contribution is 0.193. The molecule has 0 radical (unpaired) electrons. The maximum Gasteiger partial charge on any atom is 0.0583 e. The zero-order valence-corrected chi connectivity index (χ0v) is 10.3. The maximum atomic E-state index is 8.83. The van der Waals surface area contributed by atoms with Gasteiger partial charge < -0.3 is 5.21 Å². The quantitative estimate of drug-likeness (QED) is 0.494. The van der Waals surface area contributed by atoms with Gasteiger partial charge in [-0.15, -0.1) is 0 Å². The average molecular weight is 232 g/mol. The van der Waals surface area contributed by atoms with Gasteiger partial charge in [-0.2, -0.15) is 0 Å². The Labute approximate surface area is 103 Å². The Bertz CT molecular complexity index is 375. The zero-order valence-electron chi connectivity index (χ0n) is 10.3. The largest absolute Gasteiger partial charge is 0.411 e. The number of nitrogens with zero attached hydrogens (tertiary/aromatic N) is 2. The van der Waals surface area contributed by atoms with Gasteiger partial charge in [0.05, 0.1) is 5.71 Å². The third-order valence-corrected chi connectivity index (χ3v) is 3.50. The third-order valence-electron chi connectivity index (χ3n) is 3.50. The van der Waals surface area contributed by atoms with Gasteiger partial charge in [0.15, 0.2) is 0 Å². The van der Waals surface area contributed by atoms with Gasteiger partial charge in [-0.05, 0) is 31.9 Å². The van der Waals surface area contributed by atoms with Gasteiger partial charge in [0.25, 0.3) is 0 Å². The Balaban J connectivity index is 1.94. The molecule has 3 heteroatoms. The van der Waals surface area contributed by atoms with Gasteiger partial charge in [-0.3, -0.25) is 4.90 Å². The average Bonchev–Trinajstić information content (AvgIpc) is 2.39. The van der Waals surface area contributed by atoms with E-state index < -0.39 is 0 Å². The number of hydrogen-bond donors (Lipinski definition) is 1. The van der Waals surface area contributed by atoms with Crippen LogP contribution in [0.4, 0.5) is 0 Å². The highest BCUT2D eigenvalue weighted by Crippen LogP contribution is 2.19. The molecule has 1 aromatic rings. The minimum atomic E-state index is 0.414. The smallest absolute Gasteiger partial charge is 0.0583 e. The molecule has 1 atom stereocenters. The van der Waals surface area contributed by atoms with Crippen molar-refractivity contribution in [1.29, 1.82) is 0 Å². The third kappa shape index (κ3) is 3.30. The number of hydrogen-bond acceptors (Lipinski definition) is 3. The van der Waals surface area contributed by atoms with Crippen LogP contribution in [0.5, 0.6) is 0 Å². The summed E-state index contributed by atoms with van der Waals surface area (Å²) < 4.78 is 0. The van der Waals surface area contributed by atoms with Crippen LogP contribution >= 0.6 is 0 Å². The summed E-state index contributed by atoms with van der Waals surface area (Å²) in [5.74, 6) is 0.414. The highest BCUT2D eigenvalue weighted by molar-refractivity contribution is 5.84. The monoisotopic (exact) mass is 232 g/mol. The molecule has 1 heterocycles. The van der Waals surface area contributed by atoms with Gasteiger partial charge in [-0.1, -0.05) is 35.5 Å². The van der Waals surface area contributed by atoms with Crippen molar-refractivity contribution in [2.75, 3.05) is 13.1 Å². The Morgan fingerprint density at radius 3 is 2.88 bits per heavy atom. The molecule has 1 saturated heterocycles. The van der Waals surface area contributed by atoms with Crippen molar-refractivity contribution < 1.29 is 5.21 Å². The van der Waals surface area contributed by atoms with E-state index in [0.29, 0.717) is 5.92 Å². The number of rotatable bonds is 3. The Hall–Kier alpha value is -1.35. The fraction of sp³-hybridized carbons (Fsp3) is 0.500. The van der Waals surface area contributed by atoms with E-state index in [-0.39, 0.29) is 0 Å². The number of piperidine rings is 1. The van der Waals surface area contributed by atoms with Crippen LogP contribution in [-0.4, -0.2) is 28.9 Å². The molecule has 2 rings (SSSR count). The molecule has 17 heavy (non-hydrogen) atoms. The van der Waals surface area contributed by atoms with Crippen LogP contribution in [0.2, 0.25) is 0 Å². The topological polar surface area (TPSA) is 35.8 Å². The molecule has 1 N–H and O–H groups in total. The first-order valence-corrected chi connectivity index (χ1v) is 6.24. The molecule has 1 aromatic carbocycles. The molecule has 3 nitrogen and oxygen atoms in total. The second-order valence-electron chi connectivity index (χ2n) is 4.80. The second-order valence-corrected chi connectivity index (χ2v) is 4.80. The summed E-state index contributed by atoms with van der Waals surface area (Å²) in [6, 6.07) is 10.5. The second kappa shape index (κ2) is 5.82. The normalized spacial score (nSPS) is 22.6. The fourth-order valence-corrected chi connectivity index (χ4v) is 2.46. The summed E-state index contributed by atoms with van der Waals surface area (Å²) in [4.78, 5) is 2.44. The lowest BCUT2D eigenvalue weighted by Crippen LogP contribution is -2.37. The van der Waals surface area contributed by atoms with Crippen molar-refractivity contribution in [3.8, 4) is 0 Å². The van der Waals surface area contributed by atoms with E-state index in [0.717, 1.165) is 31.8 Å². The number of likely N-dealkylation sites (tertiary alicyclic amines) is 1. The molecule has 0 spiro atoms. The van der Waals surface area contributed by atoms with Crippen LogP contribution in [0.3, 0.4) is 0 Å². The summed E-state index contributed by atoms with van der Waals surface area (Å²) >= 11 is 0. The first-order chi connectivity index (χ1) is 8.29. The first kappa shape index (κ1) is 12.1. The van der Waals surface area contributed by atoms with E-state index >= 15 is 0 Å². The molecule has 0 aromatic heterocycles. The Morgan fingerprint density at radius 2 is 2.18 bits per heavy atom. The molecular weight excluding hydrogens is 212 g/mol. The predicted octanol–water partition coefficient (Wildman–Crippen LogP) is 2.75. The van der Waals surface area contributed by atoms with Crippen LogP contribution in [0, 0.1) is 5.92 Å². The minimum absolute atomic E-state index is 0.414. The summed E-state index contributed by atoms with van der Waals surface area (Å²) in [6.07, 6.45) is 2.32. The minimum Gasteiger partial charge on any atom is -0.411 e. The van der Waals surface area contributed by atoms with Crippen molar-refractivity contribution in [2.24, 2.45) is 11.1 Å². The summed E-state index contributed by atoms with van der Waals surface area (Å²) in [5, 5.41) is 12.2. The standard InChI is InChI=1S/C14H20N2O/c1-12(15-17)14-8-5-9-16(11-14)10-13-6-3-2-4-7-13/h2-4,6-7,14,17H,5,8-11H2,1H3/b15-12+. The van der Waals surface area contributed by atoms with Crippen molar-refractivity contribution in [1.82, 2.24) is 4.90 Å². The molecule has 0 bridgehead atoms. The summed E-state index contributed by atoms with van der Waals surface area (Å²) in [5.41, 5.74) is 2.22. The predicted molar refractivity (Wildman–Crippen MR) is 69.3 cm³/mol. The van der Waals surface area contributed by atoms with Crippen molar-refractivity contribution in [3.63, 3.8) is 0 Å². The van der Waals surface area contributed by atoms with E-state index in [1.807, 2.05) is 13.0 Å². The fourth-order valence-electron chi connectivity index (χ4n) is 2.46. The molecule has 92 valence electrons. The lowest BCUT2D eigenvalue weighted by atomic mass is 9.94. The molecule has 0 amide bonds. The van der Waals surface area contributed by atoms with Crippen molar-refractivity contribution in [3.05, 3.63) is 35.9 Å². The zero-order chi connectivity index (χ0) is 12.1. The molecular formula is C14H20N2O. The van der Waals surface area contributed by atoms with Crippen LogP contribution in [-0.2, 0) is 6.54 Å². The van der Waals surface area contributed by atoms with Gasteiger partial charge in [0.1, 0.15) is 0 Å². The van der Waals surface area contributed by atoms with Crippen molar-refractivity contribution in [2.45, 2.75) is 26.3 Å². The first-order valence-electron chi connectivity index (χ1n) is 6.24. The Morgan fingerprint density at radius 1 is 1.41 bits per heavy atom. The Kier molecular flexibility index (Phi) is 4.15. The SMILES string of the molecule is C/C(=N\O)C1CCCN(Cc2ccccc2)C1. The molecule has 1 aliphatic heterocycles. The lowest BCUT2D eigenvalue weighted by Gasteiger charge is -2.32. The maximum absolute atomic E-state index is 8.83. The van der Waals surface area contributed by atoms with Crippen LogP contribution in [0.1, 0.15) is 25.3 Å². The van der Waals surface area contributed by atoms with E-state index in [1.54, 1.807) is 0 Å². The van der Waals surface area contributed by atoms with Crippen LogP contribution in [0.15, 0.2) is 35.5 Å². The number of oxime groups is 1. The van der Waals surface area contributed by atoms with E-state index in [1.165, 1.54) is 12.0 Å². The molecule has 0 aliphatic carbocycles. The van der Waals surface area contributed by atoms with Crippen LogP contribution in [0.25, 0.3) is 0 Å². The van der Waals surface area contributed by atoms with E-state index in [2.05, 4.69) is 34.3 Å². The van der Waals surface area contributed by atoms with Crippen LogP contribution < -0.4 is 0 Å². The van der Waals surface area contributed by atoms with Gasteiger partial charge in [0, 0.05) is 19.0 Å².